The summed E-state index contributed by atoms with van der Waals surface area (Å²) in [5.74, 6) is 0. The van der Waals surface area contributed by atoms with Gasteiger partial charge in [0.15, 0.2) is 0 Å². The minimum Gasteiger partial charge on any atom is -0.309 e. The van der Waals surface area contributed by atoms with Crippen molar-refractivity contribution >= 4 is 11.6 Å². The van der Waals surface area contributed by atoms with Gasteiger partial charge in [-0.2, -0.15) is 0 Å². The Kier molecular flexibility index (Phi) is 6.10. The molecule has 102 valence electrons. The van der Waals surface area contributed by atoms with Gasteiger partial charge in [0.1, 0.15) is 0 Å². The predicted octanol–water partition coefficient (Wildman–Crippen LogP) is 4.60. The van der Waals surface area contributed by atoms with Gasteiger partial charge in [-0.05, 0) is 43.4 Å². The largest absolute Gasteiger partial charge is 0.309 e. The van der Waals surface area contributed by atoms with E-state index in [0.29, 0.717) is 16.5 Å². The molecule has 1 aromatic rings. The van der Waals surface area contributed by atoms with Crippen LogP contribution in [-0.2, 0) is 0 Å². The Morgan fingerprint density at radius 3 is 2.56 bits per heavy atom. The molecule has 3 heteroatoms. The SMILES string of the molecule is CCCNC(CCC(C)(C)C)c1ccc(Cl)cn1. The molecule has 0 saturated heterocycles. The predicted molar refractivity (Wildman–Crippen MR) is 79.0 cm³/mol. The standard InChI is InChI=1S/C15H25ClN2/c1-5-10-17-14(8-9-15(2,3)4)13-7-6-12(16)11-18-13/h6-7,11,14,17H,5,8-10H2,1-4H3. The zero-order chi connectivity index (χ0) is 13.6. The normalized spacial score (nSPS) is 13.6. The molecule has 0 aromatic carbocycles. The molecular formula is C15H25ClN2. The smallest absolute Gasteiger partial charge is 0.0589 e. The van der Waals surface area contributed by atoms with E-state index in [1.54, 1.807) is 6.20 Å². The second kappa shape index (κ2) is 7.10. The number of halogens is 1. The Balaban J connectivity index is 2.68. The van der Waals surface area contributed by atoms with Gasteiger partial charge in [0.25, 0.3) is 0 Å². The van der Waals surface area contributed by atoms with E-state index in [1.165, 1.54) is 6.42 Å². The second-order valence-electron chi connectivity index (χ2n) is 6.01. The van der Waals surface area contributed by atoms with Gasteiger partial charge in [0, 0.05) is 12.2 Å². The Labute approximate surface area is 116 Å². The van der Waals surface area contributed by atoms with Crippen LogP contribution in [-0.4, -0.2) is 11.5 Å². The van der Waals surface area contributed by atoms with Crippen LogP contribution in [0, 0.1) is 5.41 Å². The molecule has 0 aliphatic carbocycles. The molecule has 1 unspecified atom stereocenters. The molecule has 0 amide bonds. The van der Waals surface area contributed by atoms with E-state index in [-0.39, 0.29) is 0 Å². The Bertz CT molecular complexity index is 341. The van der Waals surface area contributed by atoms with Gasteiger partial charge < -0.3 is 5.32 Å². The maximum atomic E-state index is 5.89. The molecule has 1 N–H and O–H groups in total. The number of nitrogens with zero attached hydrogens (tertiary/aromatic N) is 1. The highest BCUT2D eigenvalue weighted by atomic mass is 35.5. The van der Waals surface area contributed by atoms with Crippen molar-refractivity contribution in [2.24, 2.45) is 5.41 Å². The molecule has 0 saturated carbocycles. The number of hydrogen-bond donors (Lipinski definition) is 1. The summed E-state index contributed by atoms with van der Waals surface area (Å²) >= 11 is 5.89. The highest BCUT2D eigenvalue weighted by Crippen LogP contribution is 2.27. The summed E-state index contributed by atoms with van der Waals surface area (Å²) in [6.45, 7) is 10.0. The summed E-state index contributed by atoms with van der Waals surface area (Å²) in [6.07, 6.45) is 5.16. The van der Waals surface area contributed by atoms with Gasteiger partial charge in [-0.15, -0.1) is 0 Å². The fraction of sp³-hybridized carbons (Fsp3) is 0.667. The van der Waals surface area contributed by atoms with E-state index in [4.69, 9.17) is 11.6 Å². The zero-order valence-corrected chi connectivity index (χ0v) is 12.7. The van der Waals surface area contributed by atoms with Crippen LogP contribution in [0.3, 0.4) is 0 Å². The lowest BCUT2D eigenvalue weighted by atomic mass is 9.88. The van der Waals surface area contributed by atoms with Crippen LogP contribution >= 0.6 is 11.6 Å². The molecule has 1 rings (SSSR count). The van der Waals surface area contributed by atoms with Gasteiger partial charge in [-0.1, -0.05) is 39.3 Å². The quantitative estimate of drug-likeness (QED) is 0.815. The fourth-order valence-corrected chi connectivity index (χ4v) is 1.96. The number of pyridine rings is 1. The number of nitrogens with one attached hydrogen (secondary N) is 1. The van der Waals surface area contributed by atoms with Crippen molar-refractivity contribution in [3.63, 3.8) is 0 Å². The highest BCUT2D eigenvalue weighted by molar-refractivity contribution is 6.30. The summed E-state index contributed by atoms with van der Waals surface area (Å²) in [6, 6.07) is 4.28. The first-order chi connectivity index (χ1) is 8.42. The molecule has 0 spiro atoms. The highest BCUT2D eigenvalue weighted by Gasteiger charge is 2.17. The molecule has 2 nitrogen and oxygen atoms in total. The fourth-order valence-electron chi connectivity index (χ4n) is 1.84. The third kappa shape index (κ3) is 5.83. The third-order valence-corrected chi connectivity index (χ3v) is 3.15. The molecule has 0 radical (unpaired) electrons. The van der Waals surface area contributed by atoms with Crippen molar-refractivity contribution in [1.82, 2.24) is 10.3 Å². The van der Waals surface area contributed by atoms with E-state index in [9.17, 15) is 0 Å². The number of hydrogen-bond acceptors (Lipinski definition) is 2. The molecule has 1 aromatic heterocycles. The summed E-state index contributed by atoms with van der Waals surface area (Å²) in [7, 11) is 0. The molecular weight excluding hydrogens is 244 g/mol. The third-order valence-electron chi connectivity index (χ3n) is 2.93. The van der Waals surface area contributed by atoms with Gasteiger partial charge >= 0.3 is 0 Å². The average molecular weight is 269 g/mol. The van der Waals surface area contributed by atoms with E-state index in [1.807, 2.05) is 12.1 Å². The summed E-state index contributed by atoms with van der Waals surface area (Å²) in [4.78, 5) is 4.44. The van der Waals surface area contributed by atoms with Gasteiger partial charge in [0.2, 0.25) is 0 Å². The van der Waals surface area contributed by atoms with Crippen LogP contribution in [0.1, 0.15) is 58.7 Å². The average Bonchev–Trinajstić information content (AvgIpc) is 2.29. The van der Waals surface area contributed by atoms with Crippen LogP contribution in [0.2, 0.25) is 5.02 Å². The number of rotatable bonds is 6. The van der Waals surface area contributed by atoms with Gasteiger partial charge in [-0.3, -0.25) is 4.98 Å². The maximum absolute atomic E-state index is 5.89. The van der Waals surface area contributed by atoms with Crippen LogP contribution in [0.5, 0.6) is 0 Å². The van der Waals surface area contributed by atoms with Crippen LogP contribution < -0.4 is 5.32 Å². The Morgan fingerprint density at radius 2 is 2.06 bits per heavy atom. The van der Waals surface area contributed by atoms with E-state index < -0.39 is 0 Å². The van der Waals surface area contributed by atoms with Crippen molar-refractivity contribution in [1.29, 1.82) is 0 Å². The van der Waals surface area contributed by atoms with Crippen molar-refractivity contribution in [3.05, 3.63) is 29.0 Å². The first-order valence-corrected chi connectivity index (χ1v) is 7.15. The van der Waals surface area contributed by atoms with E-state index >= 15 is 0 Å². The van der Waals surface area contributed by atoms with Crippen molar-refractivity contribution < 1.29 is 0 Å². The lowest BCUT2D eigenvalue weighted by molar-refractivity contribution is 0.330. The minimum absolute atomic E-state index is 0.335. The van der Waals surface area contributed by atoms with E-state index in [2.05, 4.69) is 38.0 Å². The number of aromatic nitrogens is 1. The maximum Gasteiger partial charge on any atom is 0.0589 e. The van der Waals surface area contributed by atoms with Crippen molar-refractivity contribution in [2.45, 2.75) is 53.0 Å². The van der Waals surface area contributed by atoms with E-state index in [0.717, 1.165) is 25.1 Å². The zero-order valence-electron chi connectivity index (χ0n) is 12.0. The lowest BCUT2D eigenvalue weighted by Gasteiger charge is -2.23. The van der Waals surface area contributed by atoms with Crippen molar-refractivity contribution in [3.8, 4) is 0 Å². The topological polar surface area (TPSA) is 24.9 Å². The Hall–Kier alpha value is -0.600. The van der Waals surface area contributed by atoms with Crippen LogP contribution in [0.4, 0.5) is 0 Å². The molecule has 0 aliphatic heterocycles. The van der Waals surface area contributed by atoms with Crippen LogP contribution in [0.15, 0.2) is 18.3 Å². The van der Waals surface area contributed by atoms with Crippen LogP contribution in [0.25, 0.3) is 0 Å². The molecule has 0 fully saturated rings. The monoisotopic (exact) mass is 268 g/mol. The second-order valence-corrected chi connectivity index (χ2v) is 6.44. The minimum atomic E-state index is 0.335. The van der Waals surface area contributed by atoms with Gasteiger partial charge in [0.05, 0.1) is 10.7 Å². The lowest BCUT2D eigenvalue weighted by Crippen LogP contribution is -2.24. The molecule has 1 atom stereocenters. The molecule has 0 aliphatic rings. The first kappa shape index (κ1) is 15.5. The molecule has 1 heterocycles. The molecule has 18 heavy (non-hydrogen) atoms. The Morgan fingerprint density at radius 1 is 1.33 bits per heavy atom. The summed E-state index contributed by atoms with van der Waals surface area (Å²) in [5, 5.41) is 4.27. The first-order valence-electron chi connectivity index (χ1n) is 6.77. The van der Waals surface area contributed by atoms with Crippen molar-refractivity contribution in [2.75, 3.05) is 6.54 Å². The van der Waals surface area contributed by atoms with Gasteiger partial charge in [-0.25, -0.2) is 0 Å². The molecule has 0 bridgehead atoms. The summed E-state index contributed by atoms with van der Waals surface area (Å²) in [5.41, 5.74) is 1.45. The summed E-state index contributed by atoms with van der Waals surface area (Å²) < 4.78 is 0.